The summed E-state index contributed by atoms with van der Waals surface area (Å²) < 4.78 is 8.83. The van der Waals surface area contributed by atoms with Gasteiger partial charge in [0.25, 0.3) is 0 Å². The number of rotatable bonds is 2. The minimum absolute atomic E-state index is 0.207. The molecule has 156 valence electrons. The monoisotopic (exact) mass is 435 g/mol. The molecule has 0 N–H and O–H groups in total. The van der Waals surface area contributed by atoms with Gasteiger partial charge in [0, 0.05) is 32.6 Å². The van der Waals surface area contributed by atoms with Gasteiger partial charge in [0.05, 0.1) is 5.52 Å². The Kier molecular flexibility index (Phi) is 4.21. The van der Waals surface area contributed by atoms with Crippen molar-refractivity contribution in [1.29, 1.82) is 0 Å². The van der Waals surface area contributed by atoms with Crippen molar-refractivity contribution in [3.63, 3.8) is 0 Å². The number of benzene rings is 4. The summed E-state index contributed by atoms with van der Waals surface area (Å²) in [5, 5.41) is 1.95. The maximum Gasteiger partial charge on any atom is 0.209 e. The van der Waals surface area contributed by atoms with Gasteiger partial charge in [-0.3, -0.25) is 4.57 Å². The number of fused-ring (bicyclic) bond motifs is 4. The number of para-hydroxylation sites is 2. The molecule has 0 unspecified atom stereocenters. The molecule has 4 aromatic carbocycles. The smallest absolute Gasteiger partial charge is 0.209 e. The lowest BCUT2D eigenvalue weighted by Gasteiger charge is -2.33. The van der Waals surface area contributed by atoms with Gasteiger partial charge in [-0.1, -0.05) is 80.0 Å². The van der Waals surface area contributed by atoms with Crippen molar-refractivity contribution in [2.24, 2.45) is 0 Å². The molecule has 0 atom stereocenters. The summed E-state index contributed by atoms with van der Waals surface area (Å²) in [5.74, 6) is 1.81. The second-order valence-corrected chi connectivity index (χ2v) is 9.25. The molecule has 5 aromatic rings. The van der Waals surface area contributed by atoms with Crippen molar-refractivity contribution in [1.82, 2.24) is 4.57 Å². The Morgan fingerprint density at radius 2 is 1.44 bits per heavy atom. The lowest BCUT2D eigenvalue weighted by Crippen LogP contribution is -2.24. The molecule has 2 nitrogen and oxygen atoms in total. The zero-order chi connectivity index (χ0) is 21.9. The predicted octanol–water partition coefficient (Wildman–Crippen LogP) is 8.38. The van der Waals surface area contributed by atoms with Gasteiger partial charge < -0.3 is 4.74 Å². The van der Waals surface area contributed by atoms with Crippen molar-refractivity contribution in [3.8, 4) is 28.4 Å². The Morgan fingerprint density at radius 1 is 0.750 bits per heavy atom. The lowest BCUT2D eigenvalue weighted by molar-refractivity contribution is 0.399. The van der Waals surface area contributed by atoms with Gasteiger partial charge in [-0.05, 0) is 53.6 Å². The van der Waals surface area contributed by atoms with Gasteiger partial charge in [0.2, 0.25) is 5.88 Å². The van der Waals surface area contributed by atoms with Crippen LogP contribution in [0.3, 0.4) is 0 Å². The normalized spacial score (nSPS) is 14.0. The third-order valence-corrected chi connectivity index (χ3v) is 6.76. The molecule has 32 heavy (non-hydrogen) atoms. The van der Waals surface area contributed by atoms with E-state index < -0.39 is 0 Å². The fourth-order valence-electron chi connectivity index (χ4n) is 4.93. The van der Waals surface area contributed by atoms with Crippen LogP contribution in [0.15, 0.2) is 97.1 Å². The largest absolute Gasteiger partial charge is 0.440 e. The third-order valence-electron chi connectivity index (χ3n) is 6.51. The maximum absolute atomic E-state index is 6.59. The molecular weight excluding hydrogens is 414 g/mol. The molecule has 0 saturated heterocycles. The molecule has 3 heteroatoms. The van der Waals surface area contributed by atoms with Crippen LogP contribution >= 0.6 is 11.6 Å². The van der Waals surface area contributed by atoms with E-state index >= 15 is 0 Å². The number of hydrogen-bond donors (Lipinski definition) is 0. The summed E-state index contributed by atoms with van der Waals surface area (Å²) >= 11 is 6.13. The Bertz CT molecular complexity index is 1460. The number of ether oxygens (including phenoxy) is 1. The second-order valence-electron chi connectivity index (χ2n) is 8.81. The van der Waals surface area contributed by atoms with E-state index in [0.29, 0.717) is 0 Å². The Labute approximate surface area is 192 Å². The third kappa shape index (κ3) is 2.80. The van der Waals surface area contributed by atoms with E-state index in [4.69, 9.17) is 16.3 Å². The highest BCUT2D eigenvalue weighted by atomic mass is 35.5. The summed E-state index contributed by atoms with van der Waals surface area (Å²) in [6, 6.07) is 33.5. The minimum atomic E-state index is -0.207. The van der Waals surface area contributed by atoms with Crippen LogP contribution in [-0.2, 0) is 5.41 Å². The number of aromatic nitrogens is 1. The summed E-state index contributed by atoms with van der Waals surface area (Å²) in [4.78, 5) is 0. The first-order valence-corrected chi connectivity index (χ1v) is 11.2. The Hall–Kier alpha value is -3.49. The average molecular weight is 436 g/mol. The average Bonchev–Trinajstić information content (AvgIpc) is 3.14. The number of hydrogen-bond acceptors (Lipinski definition) is 1. The molecule has 6 rings (SSSR count). The van der Waals surface area contributed by atoms with Crippen molar-refractivity contribution in [3.05, 3.63) is 113 Å². The molecule has 1 aliphatic heterocycles. The first-order chi connectivity index (χ1) is 15.5. The Balaban J connectivity index is 1.68. The molecule has 0 amide bonds. The first kappa shape index (κ1) is 19.2. The number of nitrogens with zero attached hydrogens (tertiary/aromatic N) is 1. The van der Waals surface area contributed by atoms with Gasteiger partial charge >= 0.3 is 0 Å². The first-order valence-electron chi connectivity index (χ1n) is 10.8. The zero-order valence-electron chi connectivity index (χ0n) is 18.0. The van der Waals surface area contributed by atoms with Crippen LogP contribution in [0.5, 0.6) is 11.6 Å². The van der Waals surface area contributed by atoms with Crippen LogP contribution in [0.1, 0.15) is 25.0 Å². The van der Waals surface area contributed by atoms with Crippen LogP contribution in [0.4, 0.5) is 0 Å². The van der Waals surface area contributed by atoms with E-state index in [1.807, 2.05) is 24.3 Å². The highest BCUT2D eigenvalue weighted by Gasteiger charge is 2.39. The van der Waals surface area contributed by atoms with Crippen molar-refractivity contribution < 1.29 is 4.74 Å². The highest BCUT2D eigenvalue weighted by Crippen LogP contribution is 2.53. The molecule has 0 aliphatic carbocycles. The molecule has 1 aromatic heterocycles. The van der Waals surface area contributed by atoms with Crippen molar-refractivity contribution in [2.45, 2.75) is 19.3 Å². The van der Waals surface area contributed by atoms with Gasteiger partial charge in [0.1, 0.15) is 5.75 Å². The maximum atomic E-state index is 6.59. The minimum Gasteiger partial charge on any atom is -0.440 e. The van der Waals surface area contributed by atoms with Crippen LogP contribution in [0.2, 0.25) is 5.02 Å². The molecule has 0 saturated carbocycles. The van der Waals surface area contributed by atoms with Gasteiger partial charge in [-0.2, -0.15) is 0 Å². The fraction of sp³-hybridized carbons (Fsp3) is 0.103. The summed E-state index contributed by atoms with van der Waals surface area (Å²) in [6.07, 6.45) is 0. The SMILES string of the molecule is CC1(C)c2ccccc2Oc2c1c1cc(-c3ccc(Cl)cc3)ccc1n2-c1ccccc1. The summed E-state index contributed by atoms with van der Waals surface area (Å²) in [7, 11) is 0. The van der Waals surface area contributed by atoms with Crippen molar-refractivity contribution >= 4 is 22.5 Å². The van der Waals surface area contributed by atoms with E-state index in [1.54, 1.807) is 0 Å². The standard InChI is InChI=1S/C29H22ClNO/c1-29(2)24-10-6-7-11-26(24)32-28-27(29)23-18-20(19-12-15-21(30)16-13-19)14-17-25(23)31(28)22-8-4-3-5-9-22/h3-18H,1-2H3. The molecule has 0 radical (unpaired) electrons. The second kappa shape index (κ2) is 7.01. The predicted molar refractivity (Wildman–Crippen MR) is 132 cm³/mol. The van der Waals surface area contributed by atoms with E-state index in [2.05, 4.69) is 91.2 Å². The van der Waals surface area contributed by atoms with Crippen LogP contribution in [0.25, 0.3) is 27.7 Å². The molecule has 2 heterocycles. The zero-order valence-corrected chi connectivity index (χ0v) is 18.7. The van der Waals surface area contributed by atoms with Crippen LogP contribution in [-0.4, -0.2) is 4.57 Å². The molecule has 0 bridgehead atoms. The summed E-state index contributed by atoms with van der Waals surface area (Å²) in [5.41, 5.74) is 6.75. The fourth-order valence-corrected chi connectivity index (χ4v) is 5.06. The van der Waals surface area contributed by atoms with Gasteiger partial charge in [-0.15, -0.1) is 0 Å². The molecular formula is C29H22ClNO. The van der Waals surface area contributed by atoms with Crippen LogP contribution in [0, 0.1) is 0 Å². The van der Waals surface area contributed by atoms with Gasteiger partial charge in [-0.25, -0.2) is 0 Å². The van der Waals surface area contributed by atoms with Gasteiger partial charge in [0.15, 0.2) is 0 Å². The summed E-state index contributed by atoms with van der Waals surface area (Å²) in [6.45, 7) is 4.58. The lowest BCUT2D eigenvalue weighted by atomic mass is 9.76. The quantitative estimate of drug-likeness (QED) is 0.271. The highest BCUT2D eigenvalue weighted by molar-refractivity contribution is 6.30. The molecule has 1 aliphatic rings. The van der Waals surface area contributed by atoms with E-state index in [0.717, 1.165) is 39.0 Å². The van der Waals surface area contributed by atoms with E-state index in [-0.39, 0.29) is 5.41 Å². The number of halogens is 1. The Morgan fingerprint density at radius 3 is 2.22 bits per heavy atom. The van der Waals surface area contributed by atoms with E-state index in [1.165, 1.54) is 16.5 Å². The molecule has 0 fully saturated rings. The molecule has 0 spiro atoms. The van der Waals surface area contributed by atoms with Crippen LogP contribution < -0.4 is 4.74 Å². The topological polar surface area (TPSA) is 14.2 Å². The van der Waals surface area contributed by atoms with E-state index in [9.17, 15) is 0 Å². The van der Waals surface area contributed by atoms with Crippen molar-refractivity contribution in [2.75, 3.05) is 0 Å².